The number of benzene rings is 1. The Morgan fingerprint density at radius 1 is 1.29 bits per heavy atom. The van der Waals surface area contributed by atoms with Crippen molar-refractivity contribution in [3.63, 3.8) is 0 Å². The molecule has 0 amide bonds. The van der Waals surface area contributed by atoms with Gasteiger partial charge in [-0.3, -0.25) is 0 Å². The molecule has 1 aromatic carbocycles. The van der Waals surface area contributed by atoms with Gasteiger partial charge in [0.2, 0.25) is 0 Å². The summed E-state index contributed by atoms with van der Waals surface area (Å²) in [4.78, 5) is 4.37. The maximum atomic E-state index is 5.88. The van der Waals surface area contributed by atoms with Gasteiger partial charge in [-0.1, -0.05) is 24.3 Å². The van der Waals surface area contributed by atoms with Crippen LogP contribution in [0.3, 0.4) is 0 Å². The Bertz CT molecular complexity index is 534. The minimum Gasteiger partial charge on any atom is -0.431 e. The van der Waals surface area contributed by atoms with E-state index >= 15 is 0 Å². The third-order valence-corrected chi connectivity index (χ3v) is 3.42. The molecule has 0 bridgehead atoms. The van der Waals surface area contributed by atoms with E-state index in [2.05, 4.69) is 11.9 Å². The monoisotopic (exact) mass is 248 g/mol. The van der Waals surface area contributed by atoms with Crippen LogP contribution < -0.4 is 10.5 Å². The van der Waals surface area contributed by atoms with E-state index in [0.717, 1.165) is 34.7 Å². The number of rotatable bonds is 3. The number of nitrogen functional groups attached to an aromatic ring is 1. The van der Waals surface area contributed by atoms with E-state index in [1.165, 1.54) is 11.3 Å². The molecule has 90 valence electrons. The SMILES string of the molecule is CCc1csc(Oc2cc(N)c(C)cc2C)n1. The van der Waals surface area contributed by atoms with Crippen LogP contribution in [0.15, 0.2) is 17.5 Å². The van der Waals surface area contributed by atoms with Gasteiger partial charge in [-0.05, 0) is 31.4 Å². The Hall–Kier alpha value is -1.55. The van der Waals surface area contributed by atoms with Gasteiger partial charge in [-0.25, -0.2) is 4.98 Å². The number of hydrogen-bond acceptors (Lipinski definition) is 4. The lowest BCUT2D eigenvalue weighted by Crippen LogP contribution is -1.94. The number of ether oxygens (including phenoxy) is 1. The van der Waals surface area contributed by atoms with Gasteiger partial charge in [0.05, 0.1) is 5.69 Å². The second-order valence-electron chi connectivity index (χ2n) is 4.03. The number of aryl methyl sites for hydroxylation is 3. The highest BCUT2D eigenvalue weighted by Gasteiger charge is 2.07. The first-order valence-electron chi connectivity index (χ1n) is 5.59. The summed E-state index contributed by atoms with van der Waals surface area (Å²) in [5.41, 5.74) is 9.83. The van der Waals surface area contributed by atoms with Crippen molar-refractivity contribution in [3.05, 3.63) is 34.3 Å². The number of nitrogens with zero attached hydrogens (tertiary/aromatic N) is 1. The van der Waals surface area contributed by atoms with E-state index in [1.54, 1.807) is 0 Å². The summed E-state index contributed by atoms with van der Waals surface area (Å²) in [5.74, 6) is 0.783. The molecule has 0 saturated carbocycles. The fourth-order valence-corrected chi connectivity index (χ4v) is 2.31. The summed E-state index contributed by atoms with van der Waals surface area (Å²) in [6.45, 7) is 6.08. The van der Waals surface area contributed by atoms with Crippen molar-refractivity contribution in [2.75, 3.05) is 5.73 Å². The Balaban J connectivity index is 2.26. The molecule has 2 N–H and O–H groups in total. The molecule has 3 nitrogen and oxygen atoms in total. The number of anilines is 1. The van der Waals surface area contributed by atoms with E-state index < -0.39 is 0 Å². The quantitative estimate of drug-likeness (QED) is 0.842. The van der Waals surface area contributed by atoms with E-state index in [9.17, 15) is 0 Å². The maximum absolute atomic E-state index is 5.88. The zero-order valence-electron chi connectivity index (χ0n) is 10.3. The Labute approximate surface area is 105 Å². The van der Waals surface area contributed by atoms with Crippen molar-refractivity contribution >= 4 is 17.0 Å². The van der Waals surface area contributed by atoms with Crippen LogP contribution in [0.4, 0.5) is 5.69 Å². The molecular formula is C13H16N2OS. The predicted molar refractivity (Wildman–Crippen MR) is 71.9 cm³/mol. The van der Waals surface area contributed by atoms with Crippen molar-refractivity contribution < 1.29 is 4.74 Å². The zero-order valence-corrected chi connectivity index (χ0v) is 11.1. The number of thiazole rings is 1. The minimum absolute atomic E-state index is 0.674. The molecule has 2 aromatic rings. The Morgan fingerprint density at radius 3 is 2.71 bits per heavy atom. The lowest BCUT2D eigenvalue weighted by atomic mass is 10.1. The molecule has 0 unspecified atom stereocenters. The summed E-state index contributed by atoms with van der Waals surface area (Å²) in [7, 11) is 0. The Morgan fingerprint density at radius 2 is 2.06 bits per heavy atom. The van der Waals surface area contributed by atoms with E-state index in [4.69, 9.17) is 10.5 Å². The molecular weight excluding hydrogens is 232 g/mol. The van der Waals surface area contributed by atoms with Crippen LogP contribution >= 0.6 is 11.3 Å². The lowest BCUT2D eigenvalue weighted by Gasteiger charge is -2.08. The van der Waals surface area contributed by atoms with Gasteiger partial charge in [0.1, 0.15) is 5.75 Å². The van der Waals surface area contributed by atoms with Crippen LogP contribution in [-0.2, 0) is 6.42 Å². The van der Waals surface area contributed by atoms with E-state index in [0.29, 0.717) is 5.19 Å². The lowest BCUT2D eigenvalue weighted by molar-refractivity contribution is 0.474. The first kappa shape index (κ1) is 11.9. The van der Waals surface area contributed by atoms with Crippen LogP contribution in [0.25, 0.3) is 0 Å². The average Bonchev–Trinajstić information content (AvgIpc) is 2.73. The smallest absolute Gasteiger partial charge is 0.278 e. The summed E-state index contributed by atoms with van der Waals surface area (Å²) in [5, 5.41) is 2.69. The van der Waals surface area contributed by atoms with Gasteiger partial charge in [0.15, 0.2) is 0 Å². The molecule has 17 heavy (non-hydrogen) atoms. The molecule has 1 aromatic heterocycles. The number of hydrogen-bond donors (Lipinski definition) is 1. The van der Waals surface area contributed by atoms with Crippen LogP contribution in [0.5, 0.6) is 10.9 Å². The summed E-state index contributed by atoms with van der Waals surface area (Å²) < 4.78 is 5.75. The first-order chi connectivity index (χ1) is 8.10. The zero-order chi connectivity index (χ0) is 12.4. The van der Waals surface area contributed by atoms with Gasteiger partial charge in [-0.2, -0.15) is 0 Å². The normalized spacial score (nSPS) is 10.5. The predicted octanol–water partition coefficient (Wildman–Crippen LogP) is 3.70. The van der Waals surface area contributed by atoms with E-state index in [-0.39, 0.29) is 0 Å². The number of nitrogens with two attached hydrogens (primary N) is 1. The van der Waals surface area contributed by atoms with Crippen LogP contribution in [0.1, 0.15) is 23.7 Å². The van der Waals surface area contributed by atoms with Crippen LogP contribution in [0, 0.1) is 13.8 Å². The highest BCUT2D eigenvalue weighted by Crippen LogP contribution is 2.30. The highest BCUT2D eigenvalue weighted by atomic mass is 32.1. The van der Waals surface area contributed by atoms with Crippen molar-refractivity contribution in [1.29, 1.82) is 0 Å². The highest BCUT2D eigenvalue weighted by molar-refractivity contribution is 7.11. The molecule has 0 aliphatic carbocycles. The van der Waals surface area contributed by atoms with Crippen molar-refractivity contribution in [2.24, 2.45) is 0 Å². The first-order valence-corrected chi connectivity index (χ1v) is 6.47. The molecule has 4 heteroatoms. The van der Waals surface area contributed by atoms with E-state index in [1.807, 2.05) is 31.4 Å². The Kier molecular flexibility index (Phi) is 3.33. The van der Waals surface area contributed by atoms with Crippen LogP contribution in [-0.4, -0.2) is 4.98 Å². The topological polar surface area (TPSA) is 48.1 Å². The second-order valence-corrected chi connectivity index (χ2v) is 4.86. The van der Waals surface area contributed by atoms with Crippen LogP contribution in [0.2, 0.25) is 0 Å². The molecule has 0 fully saturated rings. The standard InChI is InChI=1S/C13H16N2OS/c1-4-10-7-17-13(15-10)16-12-6-11(14)8(2)5-9(12)3/h5-7H,4,14H2,1-3H3. The summed E-state index contributed by atoms with van der Waals surface area (Å²) in [6.07, 6.45) is 0.925. The molecule has 0 atom stereocenters. The molecule has 0 aliphatic heterocycles. The summed E-state index contributed by atoms with van der Waals surface area (Å²) in [6, 6.07) is 3.89. The van der Waals surface area contributed by atoms with Crippen molar-refractivity contribution in [1.82, 2.24) is 4.98 Å². The third-order valence-electron chi connectivity index (χ3n) is 2.65. The van der Waals surface area contributed by atoms with Crippen molar-refractivity contribution in [2.45, 2.75) is 27.2 Å². The van der Waals surface area contributed by atoms with Gasteiger partial charge < -0.3 is 10.5 Å². The fraction of sp³-hybridized carbons (Fsp3) is 0.308. The molecule has 0 radical (unpaired) electrons. The second kappa shape index (κ2) is 4.75. The molecule has 0 saturated heterocycles. The molecule has 0 spiro atoms. The van der Waals surface area contributed by atoms with Gasteiger partial charge in [0.25, 0.3) is 5.19 Å². The average molecular weight is 248 g/mol. The van der Waals surface area contributed by atoms with Gasteiger partial charge in [-0.15, -0.1) is 0 Å². The largest absolute Gasteiger partial charge is 0.431 e. The van der Waals surface area contributed by atoms with Gasteiger partial charge >= 0.3 is 0 Å². The van der Waals surface area contributed by atoms with Crippen molar-refractivity contribution in [3.8, 4) is 10.9 Å². The molecule has 0 aliphatic rings. The van der Waals surface area contributed by atoms with Gasteiger partial charge in [0, 0.05) is 17.1 Å². The third kappa shape index (κ3) is 2.58. The maximum Gasteiger partial charge on any atom is 0.278 e. The number of aromatic nitrogens is 1. The molecule has 2 rings (SSSR count). The molecule has 1 heterocycles. The fourth-order valence-electron chi connectivity index (χ4n) is 1.55. The summed E-state index contributed by atoms with van der Waals surface area (Å²) >= 11 is 1.51. The minimum atomic E-state index is 0.674.